The van der Waals surface area contributed by atoms with Crippen LogP contribution in [0.1, 0.15) is 44.2 Å². The van der Waals surface area contributed by atoms with Crippen molar-refractivity contribution in [1.29, 1.82) is 0 Å². The number of benzene rings is 3. The summed E-state index contributed by atoms with van der Waals surface area (Å²) >= 11 is 12.7. The summed E-state index contributed by atoms with van der Waals surface area (Å²) in [4.78, 5) is 14.3. The highest BCUT2D eigenvalue weighted by atomic mass is 35.5. The van der Waals surface area contributed by atoms with Gasteiger partial charge in [0.15, 0.2) is 0 Å². The highest BCUT2D eigenvalue weighted by molar-refractivity contribution is 7.70. The minimum atomic E-state index is -2.55. The number of hydrogen-bond donors (Lipinski definition) is 3. The summed E-state index contributed by atoms with van der Waals surface area (Å²) in [5, 5.41) is 11.4. The first kappa shape index (κ1) is 30.9. The maximum Gasteiger partial charge on any atom is 0.242 e. The molecule has 0 bridgehead atoms. The molecule has 0 aromatic heterocycles. The van der Waals surface area contributed by atoms with Crippen molar-refractivity contribution < 1.29 is 18.5 Å². The molecule has 1 saturated heterocycles. The summed E-state index contributed by atoms with van der Waals surface area (Å²) in [5.74, 6) is -1.09. The molecule has 0 unspecified atom stereocenters. The van der Waals surface area contributed by atoms with Crippen LogP contribution in [0.15, 0.2) is 54.6 Å². The molecule has 1 fully saturated rings. The van der Waals surface area contributed by atoms with Gasteiger partial charge in [0.2, 0.25) is 5.91 Å². The van der Waals surface area contributed by atoms with E-state index in [1.807, 2.05) is 18.2 Å². The van der Waals surface area contributed by atoms with Gasteiger partial charge in [0.25, 0.3) is 0 Å². The van der Waals surface area contributed by atoms with Gasteiger partial charge in [-0.05, 0) is 72.7 Å². The zero-order valence-corrected chi connectivity index (χ0v) is 27.1. The molecular weight excluding hydrogens is 595 g/mol. The van der Waals surface area contributed by atoms with Crippen molar-refractivity contribution in [2.24, 2.45) is 5.41 Å². The van der Waals surface area contributed by atoms with E-state index in [0.717, 1.165) is 17.7 Å². The fraction of sp³-hybridized carbons (Fsp3) is 0.406. The molecule has 3 N–H and O–H groups in total. The van der Waals surface area contributed by atoms with Gasteiger partial charge in [0.05, 0.1) is 23.9 Å². The van der Waals surface area contributed by atoms with Crippen LogP contribution in [0.3, 0.4) is 0 Å². The van der Waals surface area contributed by atoms with Crippen LogP contribution in [0.2, 0.25) is 10.0 Å². The quantitative estimate of drug-likeness (QED) is 0.250. The smallest absolute Gasteiger partial charge is 0.242 e. The lowest BCUT2D eigenvalue weighted by molar-refractivity contribution is -0.118. The SMILES string of the molecule is COc1cc(P(C)(C)=O)ccc1NC(=O)[C@@H]1N[C@@H](CC(C)(C)C)[C@@]2(CNc3cc(Cl)ccc32)[C@H]1c1cccc(Cl)c1F. The van der Waals surface area contributed by atoms with Crippen LogP contribution in [0.4, 0.5) is 15.8 Å². The number of fused-ring (bicyclic) bond motifs is 2. The zero-order chi connectivity index (χ0) is 30.6. The topological polar surface area (TPSA) is 79.5 Å². The van der Waals surface area contributed by atoms with Crippen molar-refractivity contribution in [2.75, 3.05) is 37.6 Å². The third-order valence-electron chi connectivity index (χ3n) is 8.43. The molecule has 5 rings (SSSR count). The molecule has 224 valence electrons. The third kappa shape index (κ3) is 5.57. The second-order valence-electron chi connectivity index (χ2n) is 12.9. The Morgan fingerprint density at radius 1 is 1.14 bits per heavy atom. The van der Waals surface area contributed by atoms with Gasteiger partial charge in [-0.25, -0.2) is 4.39 Å². The molecule has 1 amide bonds. The molecule has 2 aliphatic heterocycles. The van der Waals surface area contributed by atoms with Crippen LogP contribution < -0.4 is 26.0 Å². The van der Waals surface area contributed by atoms with E-state index < -0.39 is 30.3 Å². The van der Waals surface area contributed by atoms with Crippen molar-refractivity contribution in [3.63, 3.8) is 0 Å². The van der Waals surface area contributed by atoms with Gasteiger partial charge >= 0.3 is 0 Å². The van der Waals surface area contributed by atoms with Crippen molar-refractivity contribution in [1.82, 2.24) is 5.32 Å². The number of ether oxygens (including phenoxy) is 1. The van der Waals surface area contributed by atoms with Gasteiger partial charge in [-0.3, -0.25) is 4.79 Å². The number of anilines is 2. The monoisotopic (exact) mass is 631 g/mol. The summed E-state index contributed by atoms with van der Waals surface area (Å²) in [6, 6.07) is 14.8. The van der Waals surface area contributed by atoms with Gasteiger partial charge in [-0.1, -0.05) is 62.2 Å². The van der Waals surface area contributed by atoms with Gasteiger partial charge in [0, 0.05) is 39.9 Å². The van der Waals surface area contributed by atoms with Gasteiger partial charge in [-0.15, -0.1) is 0 Å². The van der Waals surface area contributed by atoms with E-state index in [0.29, 0.717) is 33.9 Å². The molecule has 3 aromatic carbocycles. The summed E-state index contributed by atoms with van der Waals surface area (Å²) < 4.78 is 34.2. The molecule has 42 heavy (non-hydrogen) atoms. The average molecular weight is 633 g/mol. The van der Waals surface area contributed by atoms with Crippen LogP contribution in [-0.2, 0) is 14.8 Å². The van der Waals surface area contributed by atoms with E-state index in [2.05, 4.69) is 36.7 Å². The standard InChI is InChI=1S/C32H37Cl2FN3O3P/c1-31(2,3)16-26-32(17-36-24-14-18(33)10-12-21(24)32)27(20-8-7-9-22(34)28(20)35)29(38-26)30(39)37-23-13-11-19(42(5,6)40)15-25(23)41-4/h7-15,26-27,29,36,38H,16-17H2,1-6H3,(H,37,39)/t26-,27-,29+,32-/m0/s1. The molecule has 6 nitrogen and oxygen atoms in total. The molecule has 0 radical (unpaired) electrons. The molecule has 1 spiro atoms. The highest BCUT2D eigenvalue weighted by Crippen LogP contribution is 2.56. The van der Waals surface area contributed by atoms with E-state index in [-0.39, 0.29) is 22.4 Å². The first-order valence-electron chi connectivity index (χ1n) is 13.9. The van der Waals surface area contributed by atoms with Crippen molar-refractivity contribution >= 4 is 52.9 Å². The zero-order valence-electron chi connectivity index (χ0n) is 24.6. The van der Waals surface area contributed by atoms with Crippen molar-refractivity contribution in [3.8, 4) is 5.75 Å². The lowest BCUT2D eigenvalue weighted by atomic mass is 9.63. The lowest BCUT2D eigenvalue weighted by Gasteiger charge is -2.39. The number of amides is 1. The minimum Gasteiger partial charge on any atom is -0.495 e. The Bertz CT molecular complexity index is 1590. The molecule has 0 saturated carbocycles. The minimum absolute atomic E-state index is 0.00387. The molecule has 4 atom stereocenters. The Hall–Kier alpha value is -2.57. The number of halogens is 3. The predicted octanol–water partition coefficient (Wildman–Crippen LogP) is 7.25. The summed E-state index contributed by atoms with van der Waals surface area (Å²) in [6.07, 6.45) is 0.722. The van der Waals surface area contributed by atoms with E-state index in [9.17, 15) is 9.36 Å². The molecule has 0 aliphatic carbocycles. The predicted molar refractivity (Wildman–Crippen MR) is 171 cm³/mol. The van der Waals surface area contributed by atoms with Crippen LogP contribution in [0.25, 0.3) is 0 Å². The maximum absolute atomic E-state index is 16.0. The lowest BCUT2D eigenvalue weighted by Crippen LogP contribution is -2.46. The Kier molecular flexibility index (Phi) is 8.21. The number of carbonyl (C=O) groups is 1. The van der Waals surface area contributed by atoms with Crippen LogP contribution in [0, 0.1) is 11.2 Å². The van der Waals surface area contributed by atoms with E-state index >= 15 is 4.39 Å². The fourth-order valence-corrected chi connectivity index (χ4v) is 7.81. The van der Waals surface area contributed by atoms with Crippen molar-refractivity contribution in [2.45, 2.75) is 50.6 Å². The summed E-state index contributed by atoms with van der Waals surface area (Å²) in [6.45, 7) is 10.3. The van der Waals surface area contributed by atoms with Crippen LogP contribution in [0.5, 0.6) is 5.75 Å². The van der Waals surface area contributed by atoms with Crippen LogP contribution >= 0.6 is 30.3 Å². The first-order chi connectivity index (χ1) is 19.7. The van der Waals surface area contributed by atoms with Gasteiger partial charge in [0.1, 0.15) is 18.7 Å². The molecular formula is C32H37Cl2FN3O3P. The number of methoxy groups -OCH3 is 1. The first-order valence-corrected chi connectivity index (χ1v) is 17.3. The Balaban J connectivity index is 1.66. The van der Waals surface area contributed by atoms with E-state index in [1.54, 1.807) is 43.7 Å². The van der Waals surface area contributed by atoms with Crippen molar-refractivity contribution in [3.05, 3.63) is 81.6 Å². The summed E-state index contributed by atoms with van der Waals surface area (Å²) in [5.41, 5.74) is 1.88. The van der Waals surface area contributed by atoms with Gasteiger partial charge in [-0.2, -0.15) is 0 Å². The Morgan fingerprint density at radius 2 is 1.88 bits per heavy atom. The average Bonchev–Trinajstić information content (AvgIpc) is 3.42. The van der Waals surface area contributed by atoms with E-state index in [4.69, 9.17) is 27.9 Å². The number of rotatable bonds is 6. The highest BCUT2D eigenvalue weighted by Gasteiger charge is 2.61. The molecule has 2 heterocycles. The Labute approximate surface area is 257 Å². The van der Waals surface area contributed by atoms with Gasteiger partial charge < -0.3 is 25.3 Å². The molecule has 10 heteroatoms. The summed E-state index contributed by atoms with van der Waals surface area (Å²) in [7, 11) is -1.05. The second-order valence-corrected chi connectivity index (χ2v) is 17.0. The Morgan fingerprint density at radius 3 is 2.55 bits per heavy atom. The van der Waals surface area contributed by atoms with E-state index in [1.165, 1.54) is 13.2 Å². The second kappa shape index (κ2) is 11.2. The normalized spacial score (nSPS) is 23.5. The molecule has 3 aromatic rings. The molecule has 2 aliphatic rings. The number of nitrogens with one attached hydrogen (secondary N) is 3. The largest absolute Gasteiger partial charge is 0.495 e. The number of carbonyl (C=O) groups excluding carboxylic acids is 1. The third-order valence-corrected chi connectivity index (χ3v) is 10.5. The van der Waals surface area contributed by atoms with Crippen LogP contribution in [-0.4, -0.2) is 45.0 Å². The number of hydrogen-bond acceptors (Lipinski definition) is 5. The maximum atomic E-state index is 16.0. The fourth-order valence-electron chi connectivity index (χ4n) is 6.60.